The Bertz CT molecular complexity index is 465. The van der Waals surface area contributed by atoms with E-state index >= 15 is 0 Å². The summed E-state index contributed by atoms with van der Waals surface area (Å²) in [5.41, 5.74) is 0.362. The van der Waals surface area contributed by atoms with Gasteiger partial charge in [0.25, 0.3) is 0 Å². The minimum atomic E-state index is -0.398. The number of thioether (sulfide) groups is 2. The first kappa shape index (κ1) is 14.7. The van der Waals surface area contributed by atoms with E-state index in [1.807, 2.05) is 11.8 Å². The molecule has 0 aliphatic carbocycles. The third-order valence-electron chi connectivity index (χ3n) is 3.14. The lowest BCUT2D eigenvalue weighted by atomic mass is 10.0. The van der Waals surface area contributed by atoms with Crippen LogP contribution >= 0.6 is 23.5 Å². The van der Waals surface area contributed by atoms with E-state index in [-0.39, 0.29) is 11.0 Å². The number of carbonyl (C=O) groups excluding carboxylic acids is 1. The zero-order valence-corrected chi connectivity index (χ0v) is 12.7. The van der Waals surface area contributed by atoms with E-state index in [0.29, 0.717) is 16.6 Å². The fourth-order valence-electron chi connectivity index (χ4n) is 2.17. The van der Waals surface area contributed by atoms with E-state index in [1.165, 1.54) is 25.3 Å². The van der Waals surface area contributed by atoms with Gasteiger partial charge in [0.2, 0.25) is 0 Å². The molecule has 0 bridgehead atoms. The van der Waals surface area contributed by atoms with Crippen LogP contribution in [0.25, 0.3) is 0 Å². The van der Waals surface area contributed by atoms with Crippen LogP contribution in [0.1, 0.15) is 23.7 Å². The fourth-order valence-corrected chi connectivity index (χ4v) is 5.19. The topological polar surface area (TPSA) is 26.3 Å². The van der Waals surface area contributed by atoms with Crippen molar-refractivity contribution in [1.82, 2.24) is 0 Å². The van der Waals surface area contributed by atoms with Crippen molar-refractivity contribution < 1.29 is 13.9 Å². The zero-order chi connectivity index (χ0) is 13.8. The first-order chi connectivity index (χ1) is 9.17. The summed E-state index contributed by atoms with van der Waals surface area (Å²) in [6.45, 7) is 2.09. The molecule has 1 aromatic rings. The molecule has 19 heavy (non-hydrogen) atoms. The molecule has 0 amide bonds. The maximum Gasteiger partial charge on any atom is 0.180 e. The summed E-state index contributed by atoms with van der Waals surface area (Å²) in [5, 5.41) is 0.207. The average molecular weight is 300 g/mol. The molecule has 0 radical (unpaired) electrons. The van der Waals surface area contributed by atoms with Gasteiger partial charge in [-0.15, -0.1) is 11.8 Å². The highest BCUT2D eigenvalue weighted by Gasteiger charge is 2.33. The van der Waals surface area contributed by atoms with E-state index < -0.39 is 5.82 Å². The molecule has 2 nitrogen and oxygen atoms in total. The Hall–Kier alpha value is -0.680. The number of Topliss-reactive ketones (excluding diaryl/α,β-unsaturated/α-hetero) is 1. The van der Waals surface area contributed by atoms with E-state index in [2.05, 4.69) is 6.92 Å². The molecule has 2 rings (SSSR count). The third kappa shape index (κ3) is 3.26. The highest BCUT2D eigenvalue weighted by Crippen LogP contribution is 2.36. The Morgan fingerprint density at radius 3 is 2.84 bits per heavy atom. The molecule has 0 aromatic heterocycles. The van der Waals surface area contributed by atoms with E-state index in [4.69, 9.17) is 4.74 Å². The molecule has 0 spiro atoms. The van der Waals surface area contributed by atoms with Crippen LogP contribution in [0.5, 0.6) is 5.75 Å². The number of methoxy groups -OCH3 is 1. The molecule has 2 atom stereocenters. The largest absolute Gasteiger partial charge is 0.496 e. The normalized spacial score (nSPS) is 23.1. The van der Waals surface area contributed by atoms with Gasteiger partial charge in [0, 0.05) is 16.8 Å². The van der Waals surface area contributed by atoms with Gasteiger partial charge >= 0.3 is 0 Å². The fraction of sp³-hybridized carbons (Fsp3) is 0.500. The molecule has 1 fully saturated rings. The SMILES string of the molecule is CCC1SCCSC1C(=O)c1cc(F)ccc1OC. The van der Waals surface area contributed by atoms with Crippen molar-refractivity contribution in [3.63, 3.8) is 0 Å². The third-order valence-corrected chi connectivity index (χ3v) is 6.38. The number of rotatable bonds is 4. The minimum Gasteiger partial charge on any atom is -0.496 e. The number of halogens is 1. The van der Waals surface area contributed by atoms with Gasteiger partial charge in [0.15, 0.2) is 5.78 Å². The maximum atomic E-state index is 13.4. The number of hydrogen-bond acceptors (Lipinski definition) is 4. The Balaban J connectivity index is 2.29. The van der Waals surface area contributed by atoms with Crippen LogP contribution in [0.2, 0.25) is 0 Å². The quantitative estimate of drug-likeness (QED) is 0.793. The number of benzene rings is 1. The molecule has 104 valence electrons. The lowest BCUT2D eigenvalue weighted by Gasteiger charge is -2.29. The Morgan fingerprint density at radius 2 is 2.16 bits per heavy atom. The van der Waals surface area contributed by atoms with Gasteiger partial charge in [-0.1, -0.05) is 6.92 Å². The van der Waals surface area contributed by atoms with E-state index in [0.717, 1.165) is 17.9 Å². The van der Waals surface area contributed by atoms with Crippen molar-refractivity contribution in [3.8, 4) is 5.75 Å². The second-order valence-corrected chi connectivity index (χ2v) is 6.91. The van der Waals surface area contributed by atoms with Crippen molar-refractivity contribution >= 4 is 29.3 Å². The van der Waals surface area contributed by atoms with Gasteiger partial charge in [0.05, 0.1) is 17.9 Å². The number of ether oxygens (including phenoxy) is 1. The Morgan fingerprint density at radius 1 is 1.42 bits per heavy atom. The summed E-state index contributed by atoms with van der Waals surface area (Å²) < 4.78 is 18.5. The van der Waals surface area contributed by atoms with Crippen molar-refractivity contribution in [1.29, 1.82) is 0 Å². The Labute approximate surface area is 121 Å². The van der Waals surface area contributed by atoms with Gasteiger partial charge in [-0.25, -0.2) is 4.39 Å². The first-order valence-electron chi connectivity index (χ1n) is 6.28. The van der Waals surface area contributed by atoms with Crippen LogP contribution in [-0.2, 0) is 0 Å². The van der Waals surface area contributed by atoms with Crippen molar-refractivity contribution in [2.24, 2.45) is 0 Å². The second kappa shape index (κ2) is 6.66. The monoisotopic (exact) mass is 300 g/mol. The predicted octanol–water partition coefficient (Wildman–Crippen LogP) is 3.64. The van der Waals surface area contributed by atoms with Gasteiger partial charge < -0.3 is 4.74 Å². The molecule has 1 heterocycles. The van der Waals surface area contributed by atoms with Gasteiger partial charge in [0.1, 0.15) is 11.6 Å². The molecule has 0 N–H and O–H groups in total. The lowest BCUT2D eigenvalue weighted by molar-refractivity contribution is 0.0984. The molecule has 1 aliphatic rings. The lowest BCUT2D eigenvalue weighted by Crippen LogP contribution is -2.33. The number of carbonyl (C=O) groups is 1. The van der Waals surface area contributed by atoms with Crippen molar-refractivity contribution in [2.45, 2.75) is 23.8 Å². The molecule has 2 unspecified atom stereocenters. The second-order valence-electron chi connectivity index (χ2n) is 4.32. The number of ketones is 1. The average Bonchev–Trinajstić information content (AvgIpc) is 2.46. The summed E-state index contributed by atoms with van der Waals surface area (Å²) in [5.74, 6) is 2.09. The van der Waals surface area contributed by atoms with E-state index in [1.54, 1.807) is 11.8 Å². The molecular weight excluding hydrogens is 283 g/mol. The predicted molar refractivity (Wildman–Crippen MR) is 80.1 cm³/mol. The van der Waals surface area contributed by atoms with Gasteiger partial charge in [-0.05, 0) is 24.6 Å². The molecule has 1 aliphatic heterocycles. The van der Waals surface area contributed by atoms with Crippen molar-refractivity contribution in [2.75, 3.05) is 18.6 Å². The highest BCUT2D eigenvalue weighted by molar-refractivity contribution is 8.07. The van der Waals surface area contributed by atoms with Crippen LogP contribution < -0.4 is 4.74 Å². The van der Waals surface area contributed by atoms with Gasteiger partial charge in [-0.3, -0.25) is 4.79 Å². The van der Waals surface area contributed by atoms with Crippen LogP contribution in [0.15, 0.2) is 18.2 Å². The summed E-state index contributed by atoms with van der Waals surface area (Å²) in [4.78, 5) is 12.6. The molecule has 5 heteroatoms. The molecule has 1 aromatic carbocycles. The van der Waals surface area contributed by atoms with Crippen LogP contribution in [0, 0.1) is 5.82 Å². The molecule has 1 saturated heterocycles. The van der Waals surface area contributed by atoms with E-state index in [9.17, 15) is 9.18 Å². The first-order valence-corrected chi connectivity index (χ1v) is 8.38. The van der Waals surface area contributed by atoms with Crippen molar-refractivity contribution in [3.05, 3.63) is 29.6 Å². The van der Waals surface area contributed by atoms with Crippen LogP contribution in [-0.4, -0.2) is 34.9 Å². The van der Waals surface area contributed by atoms with Gasteiger partial charge in [-0.2, -0.15) is 11.8 Å². The standard InChI is InChI=1S/C14H17FO2S2/c1-3-12-14(19-7-6-18-12)13(16)10-8-9(15)4-5-11(10)17-2/h4-5,8,12,14H,3,6-7H2,1-2H3. The zero-order valence-electron chi connectivity index (χ0n) is 11.0. The summed E-state index contributed by atoms with van der Waals surface area (Å²) in [7, 11) is 1.50. The molecule has 0 saturated carbocycles. The summed E-state index contributed by atoms with van der Waals surface area (Å²) in [6, 6.07) is 4.12. The smallest absolute Gasteiger partial charge is 0.180 e. The maximum absolute atomic E-state index is 13.4. The van der Waals surface area contributed by atoms with Crippen LogP contribution in [0.4, 0.5) is 4.39 Å². The number of hydrogen-bond donors (Lipinski definition) is 0. The minimum absolute atomic E-state index is 0.0135. The highest BCUT2D eigenvalue weighted by atomic mass is 32.2. The van der Waals surface area contributed by atoms with Crippen LogP contribution in [0.3, 0.4) is 0 Å². The Kier molecular flexibility index (Phi) is 5.16. The summed E-state index contributed by atoms with van der Waals surface area (Å²) >= 11 is 3.51. The molecular formula is C14H17FO2S2. The summed E-state index contributed by atoms with van der Waals surface area (Å²) in [6.07, 6.45) is 0.950.